The number of piperidine rings is 1. The number of rotatable bonds is 5. The van der Waals surface area contributed by atoms with Crippen molar-refractivity contribution in [3.05, 3.63) is 71.3 Å². The van der Waals surface area contributed by atoms with Crippen molar-refractivity contribution in [3.8, 4) is 5.75 Å². The monoisotopic (exact) mass is 530 g/mol. The summed E-state index contributed by atoms with van der Waals surface area (Å²) in [5, 5.41) is 0. The lowest BCUT2D eigenvalue weighted by molar-refractivity contribution is -0.136. The number of carbonyl (C=O) groups is 2. The molecule has 2 heterocycles. The summed E-state index contributed by atoms with van der Waals surface area (Å²) >= 11 is 0. The highest BCUT2D eigenvalue weighted by atomic mass is 16.6. The fourth-order valence-corrected chi connectivity index (χ4v) is 5.85. The summed E-state index contributed by atoms with van der Waals surface area (Å²) in [4.78, 5) is 29.3. The number of benzene rings is 2. The number of fused-ring (bicyclic) bond motifs is 1. The Labute approximate surface area is 233 Å². The van der Waals surface area contributed by atoms with Crippen LogP contribution in [-0.2, 0) is 22.5 Å². The third-order valence-corrected chi connectivity index (χ3v) is 8.18. The molecule has 3 aliphatic rings. The molecule has 39 heavy (non-hydrogen) atoms. The van der Waals surface area contributed by atoms with Crippen LogP contribution in [0.2, 0.25) is 0 Å². The highest BCUT2D eigenvalue weighted by Crippen LogP contribution is 2.33. The number of hydrogen-bond acceptors (Lipinski definition) is 4. The predicted octanol–water partition coefficient (Wildman–Crippen LogP) is 6.48. The molecule has 0 bridgehead atoms. The first-order valence-electron chi connectivity index (χ1n) is 14.5. The minimum Gasteiger partial charge on any atom is -0.493 e. The van der Waals surface area contributed by atoms with Gasteiger partial charge in [0.1, 0.15) is 11.4 Å². The van der Waals surface area contributed by atoms with Crippen LogP contribution in [0.1, 0.15) is 69.6 Å². The van der Waals surface area contributed by atoms with Crippen molar-refractivity contribution in [1.29, 1.82) is 0 Å². The average Bonchev–Trinajstić information content (AvgIpc) is 2.95. The molecule has 208 valence electrons. The highest BCUT2D eigenvalue weighted by Gasteiger charge is 2.29. The lowest BCUT2D eigenvalue weighted by atomic mass is 9.85. The van der Waals surface area contributed by atoms with Crippen LogP contribution in [0.5, 0.6) is 5.75 Å². The molecule has 1 unspecified atom stereocenters. The van der Waals surface area contributed by atoms with Crippen molar-refractivity contribution in [2.45, 2.75) is 71.4 Å². The molecular formula is C33H42N2O4. The molecule has 2 amide bonds. The van der Waals surface area contributed by atoms with Gasteiger partial charge in [-0.05, 0) is 99.6 Å². The third-order valence-electron chi connectivity index (χ3n) is 8.18. The van der Waals surface area contributed by atoms with E-state index in [0.29, 0.717) is 31.5 Å². The molecule has 0 saturated carbocycles. The van der Waals surface area contributed by atoms with E-state index in [4.69, 9.17) is 9.47 Å². The van der Waals surface area contributed by atoms with Gasteiger partial charge in [-0.25, -0.2) is 4.79 Å². The Morgan fingerprint density at radius 2 is 1.59 bits per heavy atom. The molecule has 0 aromatic heterocycles. The van der Waals surface area contributed by atoms with Gasteiger partial charge in [0.25, 0.3) is 0 Å². The van der Waals surface area contributed by atoms with Crippen molar-refractivity contribution in [2.24, 2.45) is 11.8 Å². The van der Waals surface area contributed by atoms with Gasteiger partial charge in [-0.1, -0.05) is 42.5 Å². The van der Waals surface area contributed by atoms with E-state index in [2.05, 4.69) is 59.5 Å². The summed E-state index contributed by atoms with van der Waals surface area (Å²) in [7, 11) is 0. The van der Waals surface area contributed by atoms with Gasteiger partial charge in [-0.2, -0.15) is 0 Å². The van der Waals surface area contributed by atoms with Crippen molar-refractivity contribution in [1.82, 2.24) is 9.80 Å². The van der Waals surface area contributed by atoms with E-state index in [1.54, 1.807) is 4.90 Å². The van der Waals surface area contributed by atoms with E-state index in [1.165, 1.54) is 22.3 Å². The summed E-state index contributed by atoms with van der Waals surface area (Å²) in [6.45, 7) is 9.35. The molecule has 2 aromatic carbocycles. The SMILES string of the molecule is CC(C)(C)OC(=O)N1CCC(COc2ccc(C3=CCC(C(=O)N4CCc5ccccc5C4)CC3)cc2)CC1. The minimum atomic E-state index is -0.462. The molecule has 5 rings (SSSR count). The first-order valence-corrected chi connectivity index (χ1v) is 14.5. The second-order valence-electron chi connectivity index (χ2n) is 12.2. The second kappa shape index (κ2) is 11.8. The molecule has 2 aromatic rings. The average molecular weight is 531 g/mol. The molecule has 0 N–H and O–H groups in total. The van der Waals surface area contributed by atoms with Gasteiger partial charge in [-0.15, -0.1) is 0 Å². The standard InChI is InChI=1S/C33H42N2O4/c1-33(2,3)39-32(37)34-19-16-24(17-20-34)23-38-30-14-12-27(13-15-30)26-8-10-28(11-9-26)31(36)35-21-18-25-6-4-5-7-29(25)22-35/h4-8,12-15,24,28H,9-11,16-23H2,1-3H3. The Kier molecular flexibility index (Phi) is 8.29. The minimum absolute atomic E-state index is 0.0864. The maximum atomic E-state index is 13.2. The molecule has 6 nitrogen and oxygen atoms in total. The van der Waals surface area contributed by atoms with Gasteiger partial charge in [0.05, 0.1) is 6.61 Å². The number of hydrogen-bond donors (Lipinski definition) is 0. The van der Waals surface area contributed by atoms with Crippen LogP contribution in [0.4, 0.5) is 4.79 Å². The summed E-state index contributed by atoms with van der Waals surface area (Å²) in [6.07, 6.45) is 7.49. The van der Waals surface area contributed by atoms with Crippen LogP contribution in [0.15, 0.2) is 54.6 Å². The number of ether oxygens (including phenoxy) is 2. The number of nitrogens with zero attached hydrogens (tertiary/aromatic N) is 2. The zero-order valence-electron chi connectivity index (χ0n) is 23.7. The molecule has 6 heteroatoms. The number of likely N-dealkylation sites (tertiary alicyclic amines) is 1. The zero-order chi connectivity index (χ0) is 27.4. The summed E-state index contributed by atoms with van der Waals surface area (Å²) in [5.74, 6) is 1.71. The number of amides is 2. The highest BCUT2D eigenvalue weighted by molar-refractivity contribution is 5.81. The Hall–Kier alpha value is -3.28. The summed E-state index contributed by atoms with van der Waals surface area (Å²) < 4.78 is 11.6. The molecular weight excluding hydrogens is 488 g/mol. The first kappa shape index (κ1) is 27.3. The molecule has 0 spiro atoms. The molecule has 1 aliphatic carbocycles. The van der Waals surface area contributed by atoms with Gasteiger partial charge in [0.15, 0.2) is 0 Å². The number of carbonyl (C=O) groups excluding carboxylic acids is 2. The summed E-state index contributed by atoms with van der Waals surface area (Å²) in [6, 6.07) is 16.9. The number of allylic oxidation sites excluding steroid dienone is 2. The van der Waals surface area contributed by atoms with E-state index < -0.39 is 5.60 Å². The molecule has 2 aliphatic heterocycles. The largest absolute Gasteiger partial charge is 0.493 e. The Balaban J connectivity index is 1.06. The fraction of sp³-hybridized carbons (Fsp3) is 0.515. The van der Waals surface area contributed by atoms with Crippen LogP contribution < -0.4 is 4.74 Å². The molecule has 1 saturated heterocycles. The van der Waals surface area contributed by atoms with Gasteiger partial charge >= 0.3 is 6.09 Å². The lowest BCUT2D eigenvalue weighted by Crippen LogP contribution is -2.42. The third kappa shape index (κ3) is 7.03. The smallest absolute Gasteiger partial charge is 0.410 e. The van der Waals surface area contributed by atoms with Crippen LogP contribution >= 0.6 is 0 Å². The van der Waals surface area contributed by atoms with E-state index in [0.717, 1.165) is 57.4 Å². The topological polar surface area (TPSA) is 59.1 Å². The maximum absolute atomic E-state index is 13.2. The lowest BCUT2D eigenvalue weighted by Gasteiger charge is -2.33. The Morgan fingerprint density at radius 1 is 0.872 bits per heavy atom. The normalized spacial score (nSPS) is 20.2. The fourth-order valence-electron chi connectivity index (χ4n) is 5.85. The Morgan fingerprint density at radius 3 is 2.26 bits per heavy atom. The second-order valence-corrected chi connectivity index (χ2v) is 12.2. The predicted molar refractivity (Wildman–Crippen MR) is 153 cm³/mol. The van der Waals surface area contributed by atoms with E-state index in [1.807, 2.05) is 20.8 Å². The van der Waals surface area contributed by atoms with E-state index in [9.17, 15) is 9.59 Å². The van der Waals surface area contributed by atoms with Crippen LogP contribution in [0, 0.1) is 11.8 Å². The van der Waals surface area contributed by atoms with Gasteiger partial charge < -0.3 is 19.3 Å². The molecule has 1 fully saturated rings. The zero-order valence-corrected chi connectivity index (χ0v) is 23.7. The van der Waals surface area contributed by atoms with Crippen molar-refractivity contribution < 1.29 is 19.1 Å². The quantitative estimate of drug-likeness (QED) is 0.444. The van der Waals surface area contributed by atoms with Gasteiger partial charge in [0, 0.05) is 32.1 Å². The van der Waals surface area contributed by atoms with Gasteiger partial charge in [-0.3, -0.25) is 4.79 Å². The van der Waals surface area contributed by atoms with Crippen LogP contribution in [0.25, 0.3) is 5.57 Å². The van der Waals surface area contributed by atoms with Crippen molar-refractivity contribution >= 4 is 17.6 Å². The molecule has 0 radical (unpaired) electrons. The van der Waals surface area contributed by atoms with E-state index >= 15 is 0 Å². The van der Waals surface area contributed by atoms with Crippen molar-refractivity contribution in [3.63, 3.8) is 0 Å². The Bertz CT molecular complexity index is 1190. The van der Waals surface area contributed by atoms with Crippen LogP contribution in [-0.4, -0.2) is 53.6 Å². The van der Waals surface area contributed by atoms with E-state index in [-0.39, 0.29) is 12.0 Å². The molecule has 1 atom stereocenters. The van der Waals surface area contributed by atoms with Crippen molar-refractivity contribution in [2.75, 3.05) is 26.2 Å². The summed E-state index contributed by atoms with van der Waals surface area (Å²) in [5.41, 5.74) is 4.74. The first-order chi connectivity index (χ1) is 18.7. The van der Waals surface area contributed by atoms with Crippen LogP contribution in [0.3, 0.4) is 0 Å². The van der Waals surface area contributed by atoms with Gasteiger partial charge in [0.2, 0.25) is 5.91 Å². The maximum Gasteiger partial charge on any atom is 0.410 e.